The number of rotatable bonds is 4. The Morgan fingerprint density at radius 2 is 1.89 bits per heavy atom. The van der Waals surface area contributed by atoms with Crippen LogP contribution in [0.2, 0.25) is 0 Å². The molecular weight excluding hydrogens is 242 g/mol. The SMILES string of the molecule is CC.CCCNc1ccc(-c2ncc(N)s2)cc1. The fourth-order valence-corrected chi connectivity index (χ4v) is 2.11. The van der Waals surface area contributed by atoms with E-state index in [1.165, 1.54) is 11.3 Å². The summed E-state index contributed by atoms with van der Waals surface area (Å²) >= 11 is 1.51. The zero-order valence-corrected chi connectivity index (χ0v) is 12.1. The van der Waals surface area contributed by atoms with Crippen molar-refractivity contribution in [3.63, 3.8) is 0 Å². The van der Waals surface area contributed by atoms with Crippen molar-refractivity contribution in [2.45, 2.75) is 27.2 Å². The molecule has 0 atom stereocenters. The van der Waals surface area contributed by atoms with Crippen LogP contribution in [0.5, 0.6) is 0 Å². The number of hydrogen-bond acceptors (Lipinski definition) is 4. The number of hydrogen-bond donors (Lipinski definition) is 2. The smallest absolute Gasteiger partial charge is 0.125 e. The first-order valence-electron chi connectivity index (χ1n) is 6.35. The van der Waals surface area contributed by atoms with Crippen molar-refractivity contribution in [1.29, 1.82) is 0 Å². The summed E-state index contributed by atoms with van der Waals surface area (Å²) in [5.74, 6) is 0. The van der Waals surface area contributed by atoms with Crippen molar-refractivity contribution in [1.82, 2.24) is 4.98 Å². The summed E-state index contributed by atoms with van der Waals surface area (Å²) in [7, 11) is 0. The van der Waals surface area contributed by atoms with Gasteiger partial charge in [-0.2, -0.15) is 0 Å². The molecule has 2 rings (SSSR count). The Bertz CT molecular complexity index is 448. The Morgan fingerprint density at radius 3 is 2.39 bits per heavy atom. The highest BCUT2D eigenvalue weighted by Gasteiger charge is 2.02. The largest absolute Gasteiger partial charge is 0.389 e. The van der Waals surface area contributed by atoms with Gasteiger partial charge in [-0.1, -0.05) is 32.1 Å². The molecule has 4 heteroatoms. The lowest BCUT2D eigenvalue weighted by molar-refractivity contribution is 0.980. The molecule has 1 aromatic carbocycles. The first-order valence-corrected chi connectivity index (χ1v) is 7.17. The van der Waals surface area contributed by atoms with Crippen LogP contribution in [-0.4, -0.2) is 11.5 Å². The van der Waals surface area contributed by atoms with E-state index in [9.17, 15) is 0 Å². The summed E-state index contributed by atoms with van der Waals surface area (Å²) in [4.78, 5) is 4.25. The first-order chi connectivity index (χ1) is 8.79. The second-order valence-corrected chi connectivity index (χ2v) is 4.63. The van der Waals surface area contributed by atoms with Crippen LogP contribution in [0.25, 0.3) is 10.6 Å². The Hall–Kier alpha value is -1.55. The Labute approximate surface area is 113 Å². The molecule has 0 radical (unpaired) electrons. The van der Waals surface area contributed by atoms with E-state index in [2.05, 4.69) is 41.5 Å². The molecule has 0 fully saturated rings. The highest BCUT2D eigenvalue weighted by Crippen LogP contribution is 2.27. The summed E-state index contributed by atoms with van der Waals surface area (Å²) in [6, 6.07) is 8.28. The maximum atomic E-state index is 5.66. The molecule has 18 heavy (non-hydrogen) atoms. The molecule has 0 unspecified atom stereocenters. The maximum absolute atomic E-state index is 5.66. The van der Waals surface area contributed by atoms with E-state index in [0.29, 0.717) is 0 Å². The number of aromatic nitrogens is 1. The third-order valence-electron chi connectivity index (χ3n) is 2.23. The summed E-state index contributed by atoms with van der Waals surface area (Å²) in [5, 5.41) is 5.06. The average molecular weight is 263 g/mol. The van der Waals surface area contributed by atoms with Crippen LogP contribution in [0.15, 0.2) is 30.5 Å². The molecule has 0 bridgehead atoms. The molecule has 0 spiro atoms. The number of thiazole rings is 1. The predicted molar refractivity (Wildman–Crippen MR) is 82.1 cm³/mol. The zero-order chi connectivity index (χ0) is 13.4. The molecule has 3 N–H and O–H groups in total. The van der Waals surface area contributed by atoms with E-state index >= 15 is 0 Å². The molecule has 0 aliphatic carbocycles. The topological polar surface area (TPSA) is 50.9 Å². The van der Waals surface area contributed by atoms with E-state index in [1.807, 2.05) is 13.8 Å². The number of anilines is 2. The van der Waals surface area contributed by atoms with E-state index < -0.39 is 0 Å². The monoisotopic (exact) mass is 263 g/mol. The minimum Gasteiger partial charge on any atom is -0.389 e. The molecule has 0 aliphatic heterocycles. The van der Waals surface area contributed by atoms with Gasteiger partial charge in [0.2, 0.25) is 0 Å². The van der Waals surface area contributed by atoms with Crippen molar-refractivity contribution >= 4 is 22.0 Å². The van der Waals surface area contributed by atoms with Crippen molar-refractivity contribution in [2.75, 3.05) is 17.6 Å². The van der Waals surface area contributed by atoms with E-state index in [4.69, 9.17) is 5.73 Å². The van der Waals surface area contributed by atoms with Gasteiger partial charge in [0.05, 0.1) is 6.20 Å². The fraction of sp³-hybridized carbons (Fsp3) is 0.357. The Balaban J connectivity index is 0.000000771. The Morgan fingerprint density at radius 1 is 1.22 bits per heavy atom. The highest BCUT2D eigenvalue weighted by atomic mass is 32.1. The van der Waals surface area contributed by atoms with Gasteiger partial charge in [-0.3, -0.25) is 0 Å². The third kappa shape index (κ3) is 4.04. The molecule has 0 amide bonds. The molecule has 0 saturated heterocycles. The first kappa shape index (κ1) is 14.5. The van der Waals surface area contributed by atoms with Gasteiger partial charge in [-0.25, -0.2) is 4.98 Å². The van der Waals surface area contributed by atoms with Crippen LogP contribution in [0.3, 0.4) is 0 Å². The lowest BCUT2D eigenvalue weighted by Crippen LogP contribution is -1.98. The van der Waals surface area contributed by atoms with Crippen LogP contribution in [0.1, 0.15) is 27.2 Å². The molecule has 1 aromatic heterocycles. The van der Waals surface area contributed by atoms with Crippen LogP contribution < -0.4 is 11.1 Å². The van der Waals surface area contributed by atoms with Crippen LogP contribution in [0, 0.1) is 0 Å². The molecule has 2 aromatic rings. The zero-order valence-electron chi connectivity index (χ0n) is 11.2. The lowest BCUT2D eigenvalue weighted by atomic mass is 10.2. The van der Waals surface area contributed by atoms with Crippen molar-refractivity contribution in [2.24, 2.45) is 0 Å². The summed E-state index contributed by atoms with van der Waals surface area (Å²) in [5.41, 5.74) is 7.92. The Kier molecular flexibility index (Phi) is 6.22. The van der Waals surface area contributed by atoms with E-state index in [0.717, 1.165) is 34.2 Å². The van der Waals surface area contributed by atoms with E-state index in [1.54, 1.807) is 6.20 Å². The fourth-order valence-electron chi connectivity index (χ4n) is 1.42. The standard InChI is InChI=1S/C12H15N3S.C2H6/c1-2-7-14-10-5-3-9(4-6-10)12-15-8-11(13)16-12;1-2/h3-6,8,14H,2,7,13H2,1H3;1-2H3. The number of nitrogens with two attached hydrogens (primary N) is 1. The second kappa shape index (κ2) is 7.71. The van der Waals surface area contributed by atoms with Gasteiger partial charge in [0.25, 0.3) is 0 Å². The van der Waals surface area contributed by atoms with Crippen molar-refractivity contribution in [3.05, 3.63) is 30.5 Å². The maximum Gasteiger partial charge on any atom is 0.125 e. The molecule has 1 heterocycles. The number of nitrogens with one attached hydrogen (secondary N) is 1. The summed E-state index contributed by atoms with van der Waals surface area (Å²) in [6.07, 6.45) is 2.83. The number of nitrogens with zero attached hydrogens (tertiary/aromatic N) is 1. The van der Waals surface area contributed by atoms with Gasteiger partial charge in [0, 0.05) is 17.8 Å². The van der Waals surface area contributed by atoms with Crippen molar-refractivity contribution in [3.8, 4) is 10.6 Å². The molecule has 98 valence electrons. The molecule has 3 nitrogen and oxygen atoms in total. The normalized spacial score (nSPS) is 9.50. The van der Waals surface area contributed by atoms with Crippen LogP contribution >= 0.6 is 11.3 Å². The van der Waals surface area contributed by atoms with Crippen molar-refractivity contribution < 1.29 is 0 Å². The van der Waals surface area contributed by atoms with Gasteiger partial charge in [0.15, 0.2) is 0 Å². The predicted octanol–water partition coefficient (Wildman–Crippen LogP) is 4.24. The van der Waals surface area contributed by atoms with Gasteiger partial charge in [-0.05, 0) is 30.7 Å². The summed E-state index contributed by atoms with van der Waals surface area (Å²) < 4.78 is 0. The summed E-state index contributed by atoms with van der Waals surface area (Å²) in [6.45, 7) is 7.16. The molecule has 0 aliphatic rings. The van der Waals surface area contributed by atoms with E-state index in [-0.39, 0.29) is 0 Å². The number of benzene rings is 1. The number of nitrogen functional groups attached to an aromatic ring is 1. The highest BCUT2D eigenvalue weighted by molar-refractivity contribution is 7.18. The quantitative estimate of drug-likeness (QED) is 0.867. The second-order valence-electron chi connectivity index (χ2n) is 3.57. The van der Waals surface area contributed by atoms with Gasteiger partial charge >= 0.3 is 0 Å². The minimum atomic E-state index is 0.753. The van der Waals surface area contributed by atoms with Crippen LogP contribution in [0.4, 0.5) is 10.7 Å². The van der Waals surface area contributed by atoms with Gasteiger partial charge < -0.3 is 11.1 Å². The third-order valence-corrected chi connectivity index (χ3v) is 3.11. The lowest BCUT2D eigenvalue weighted by Gasteiger charge is -2.04. The van der Waals surface area contributed by atoms with Gasteiger partial charge in [-0.15, -0.1) is 0 Å². The molecular formula is C14H21N3S. The van der Waals surface area contributed by atoms with Gasteiger partial charge in [0.1, 0.15) is 10.0 Å². The average Bonchev–Trinajstić information content (AvgIpc) is 2.86. The minimum absolute atomic E-state index is 0.753. The van der Waals surface area contributed by atoms with Crippen LogP contribution in [-0.2, 0) is 0 Å². The molecule has 0 saturated carbocycles.